The Labute approximate surface area is 124 Å². The summed E-state index contributed by atoms with van der Waals surface area (Å²) < 4.78 is 46.8. The molecule has 1 amide bonds. The zero-order chi connectivity index (χ0) is 16.3. The lowest BCUT2D eigenvalue weighted by molar-refractivity contribution is -0.112. The summed E-state index contributed by atoms with van der Waals surface area (Å²) in [5.74, 6) is -0.902. The van der Waals surface area contributed by atoms with Gasteiger partial charge in [-0.1, -0.05) is 18.7 Å². The summed E-state index contributed by atoms with van der Waals surface area (Å²) in [5.41, 5.74) is 1.05. The van der Waals surface area contributed by atoms with Gasteiger partial charge in [0.1, 0.15) is 0 Å². The van der Waals surface area contributed by atoms with Gasteiger partial charge in [0.25, 0.3) is 5.91 Å². The smallest absolute Gasteiger partial charge is 0.250 e. The number of nitrogens with one attached hydrogen (secondary N) is 2. The van der Waals surface area contributed by atoms with Crippen LogP contribution in [0, 0.1) is 0 Å². The van der Waals surface area contributed by atoms with Crippen molar-refractivity contribution in [1.82, 2.24) is 4.13 Å². The molecule has 0 heterocycles. The number of sulfonamides is 2. The molecule has 0 aliphatic carbocycles. The van der Waals surface area contributed by atoms with Crippen molar-refractivity contribution in [2.75, 3.05) is 11.6 Å². The Morgan fingerprint density at radius 2 is 1.86 bits per heavy atom. The van der Waals surface area contributed by atoms with Crippen LogP contribution < -0.4 is 9.44 Å². The predicted octanol–water partition coefficient (Wildman–Crippen LogP) is 0.580. The fraction of sp³-hybridized carbons (Fsp3) is 0.250. The fourth-order valence-electron chi connectivity index (χ4n) is 1.46. The Bertz CT molecular complexity index is 767. The predicted molar refractivity (Wildman–Crippen MR) is 80.5 cm³/mol. The first-order valence-corrected chi connectivity index (χ1v) is 9.30. The van der Waals surface area contributed by atoms with E-state index in [2.05, 4.69) is 11.9 Å². The molecular formula is C12H16N2O5S2. The van der Waals surface area contributed by atoms with Crippen LogP contribution in [0.1, 0.15) is 12.5 Å². The van der Waals surface area contributed by atoms with Crippen LogP contribution in [-0.2, 0) is 30.6 Å². The summed E-state index contributed by atoms with van der Waals surface area (Å²) in [6.07, 6.45) is 0.758. The molecule has 2 N–H and O–H groups in total. The Hall–Kier alpha value is -1.71. The molecule has 0 atom stereocenters. The van der Waals surface area contributed by atoms with Crippen LogP contribution in [0.5, 0.6) is 0 Å². The van der Waals surface area contributed by atoms with Crippen LogP contribution in [-0.4, -0.2) is 29.0 Å². The minimum atomic E-state index is -4.02. The van der Waals surface area contributed by atoms with E-state index in [-0.39, 0.29) is 5.91 Å². The largest absolute Gasteiger partial charge is 0.322 e. The summed E-state index contributed by atoms with van der Waals surface area (Å²) >= 11 is 0. The first kappa shape index (κ1) is 17.3. The van der Waals surface area contributed by atoms with Crippen molar-refractivity contribution in [3.05, 3.63) is 42.0 Å². The van der Waals surface area contributed by atoms with Crippen molar-refractivity contribution in [3.8, 4) is 0 Å². The number of carbonyl (C=O) groups excluding carboxylic acids is 1. The summed E-state index contributed by atoms with van der Waals surface area (Å²) in [7, 11) is -7.88. The van der Waals surface area contributed by atoms with Gasteiger partial charge in [-0.05, 0) is 24.6 Å². The normalized spacial score (nSPS) is 11.9. The van der Waals surface area contributed by atoms with Crippen molar-refractivity contribution < 1.29 is 21.6 Å². The molecule has 1 aromatic rings. The monoisotopic (exact) mass is 332 g/mol. The maximum atomic E-state index is 11.7. The Morgan fingerprint density at radius 3 is 2.38 bits per heavy atom. The third-order valence-corrected chi connectivity index (χ3v) is 5.15. The van der Waals surface area contributed by atoms with Gasteiger partial charge in [0.15, 0.2) is 0 Å². The van der Waals surface area contributed by atoms with Gasteiger partial charge in [-0.3, -0.25) is 4.79 Å². The highest BCUT2D eigenvalue weighted by molar-refractivity contribution is 8.04. The second-order valence-electron chi connectivity index (χ2n) is 4.55. The summed E-state index contributed by atoms with van der Waals surface area (Å²) in [6, 6.07) is 6.10. The van der Waals surface area contributed by atoms with E-state index in [1.165, 1.54) is 12.1 Å². The average molecular weight is 332 g/mol. The lowest BCUT2D eigenvalue weighted by Crippen LogP contribution is -2.30. The summed E-state index contributed by atoms with van der Waals surface area (Å²) in [5, 5.41) is 2.54. The molecule has 0 spiro atoms. The maximum Gasteiger partial charge on any atom is 0.250 e. The molecule has 0 aliphatic heterocycles. The van der Waals surface area contributed by atoms with E-state index < -0.39 is 25.8 Å². The fourth-order valence-corrected chi connectivity index (χ4v) is 4.16. The van der Waals surface area contributed by atoms with Crippen molar-refractivity contribution in [2.45, 2.75) is 12.7 Å². The molecule has 0 saturated carbocycles. The quantitative estimate of drug-likeness (QED) is 0.741. The Kier molecular flexibility index (Phi) is 5.26. The highest BCUT2D eigenvalue weighted by Crippen LogP contribution is 2.14. The number of hydrogen-bond acceptors (Lipinski definition) is 5. The standard InChI is InChI=1S/C12H16N2O5S2/c1-9(2)12(15)13-11-6-4-5-10(7-11)8-21(18,19)14-20(3,16)17/h4-7,14H,1,8H2,2-3H3,(H,13,15). The van der Waals surface area contributed by atoms with Crippen LogP contribution in [0.4, 0.5) is 5.69 Å². The number of amides is 1. The van der Waals surface area contributed by atoms with Gasteiger partial charge in [-0.25, -0.2) is 16.8 Å². The topological polar surface area (TPSA) is 109 Å². The van der Waals surface area contributed by atoms with Gasteiger partial charge in [0, 0.05) is 11.3 Å². The molecule has 21 heavy (non-hydrogen) atoms. The number of hydrogen-bond donors (Lipinski definition) is 2. The molecule has 1 rings (SSSR count). The average Bonchev–Trinajstić information content (AvgIpc) is 2.24. The molecule has 116 valence electrons. The molecule has 9 heteroatoms. The van der Waals surface area contributed by atoms with E-state index >= 15 is 0 Å². The van der Waals surface area contributed by atoms with Crippen LogP contribution in [0.15, 0.2) is 36.4 Å². The van der Waals surface area contributed by atoms with Gasteiger partial charge in [0.2, 0.25) is 20.0 Å². The second kappa shape index (κ2) is 6.37. The first-order valence-electron chi connectivity index (χ1n) is 5.75. The van der Waals surface area contributed by atoms with Gasteiger partial charge in [-0.15, -0.1) is 4.13 Å². The van der Waals surface area contributed by atoms with Gasteiger partial charge < -0.3 is 5.32 Å². The van der Waals surface area contributed by atoms with E-state index in [1.54, 1.807) is 23.2 Å². The lowest BCUT2D eigenvalue weighted by atomic mass is 10.2. The maximum absolute atomic E-state index is 11.7. The van der Waals surface area contributed by atoms with Gasteiger partial charge in [0.05, 0.1) is 12.0 Å². The zero-order valence-electron chi connectivity index (χ0n) is 11.6. The van der Waals surface area contributed by atoms with Crippen molar-refractivity contribution in [1.29, 1.82) is 0 Å². The number of rotatable bonds is 6. The molecule has 0 fully saturated rings. The molecule has 0 aromatic heterocycles. The van der Waals surface area contributed by atoms with E-state index in [0.717, 1.165) is 6.26 Å². The van der Waals surface area contributed by atoms with Gasteiger partial charge in [-0.2, -0.15) is 0 Å². The molecule has 7 nitrogen and oxygen atoms in total. The van der Waals surface area contributed by atoms with Gasteiger partial charge >= 0.3 is 0 Å². The third-order valence-electron chi connectivity index (χ3n) is 2.21. The molecule has 0 radical (unpaired) electrons. The molecule has 1 aromatic carbocycles. The molecular weight excluding hydrogens is 316 g/mol. The number of benzene rings is 1. The summed E-state index contributed by atoms with van der Waals surface area (Å²) in [4.78, 5) is 11.5. The zero-order valence-corrected chi connectivity index (χ0v) is 13.2. The number of anilines is 1. The SMILES string of the molecule is C=C(C)C(=O)Nc1cccc(CS(=O)(=O)NS(C)(=O)=O)c1. The molecule has 0 unspecified atom stereocenters. The Balaban J connectivity index is 2.91. The highest BCUT2D eigenvalue weighted by Gasteiger charge is 2.17. The van der Waals surface area contributed by atoms with Crippen molar-refractivity contribution in [2.24, 2.45) is 0 Å². The minimum absolute atomic E-state index is 0.312. The van der Waals surface area contributed by atoms with Crippen molar-refractivity contribution in [3.63, 3.8) is 0 Å². The van der Waals surface area contributed by atoms with Crippen LogP contribution in [0.3, 0.4) is 0 Å². The van der Waals surface area contributed by atoms with Crippen molar-refractivity contribution >= 4 is 31.6 Å². The second-order valence-corrected chi connectivity index (χ2v) is 8.28. The van der Waals surface area contributed by atoms with E-state index in [4.69, 9.17) is 0 Å². The molecule has 0 bridgehead atoms. The van der Waals surface area contributed by atoms with E-state index in [0.29, 0.717) is 16.8 Å². The summed E-state index contributed by atoms with van der Waals surface area (Å²) in [6.45, 7) is 5.03. The van der Waals surface area contributed by atoms with Crippen LogP contribution in [0.2, 0.25) is 0 Å². The Morgan fingerprint density at radius 1 is 1.24 bits per heavy atom. The van der Waals surface area contributed by atoms with Crippen LogP contribution >= 0.6 is 0 Å². The third kappa shape index (κ3) is 6.52. The highest BCUT2D eigenvalue weighted by atomic mass is 32.3. The molecule has 0 saturated heterocycles. The molecule has 0 aliphatic rings. The van der Waals surface area contributed by atoms with E-state index in [1.807, 2.05) is 0 Å². The van der Waals surface area contributed by atoms with E-state index in [9.17, 15) is 21.6 Å². The minimum Gasteiger partial charge on any atom is -0.322 e. The first-order chi connectivity index (χ1) is 9.48. The van der Waals surface area contributed by atoms with Crippen LogP contribution in [0.25, 0.3) is 0 Å². The number of carbonyl (C=O) groups is 1. The lowest BCUT2D eigenvalue weighted by Gasteiger charge is -2.08.